The number of carbonyl (C=O) groups is 1. The molecule has 5 heteroatoms. The molecule has 1 atom stereocenters. The number of carbonyl (C=O) groups excluding carboxylic acids is 1. The second-order valence-electron chi connectivity index (χ2n) is 3.37. The van der Waals surface area contributed by atoms with Gasteiger partial charge in [-0.15, -0.1) is 0 Å². The van der Waals surface area contributed by atoms with Crippen LogP contribution in [-0.2, 0) is 4.74 Å². The average Bonchev–Trinajstić information content (AvgIpc) is 2.63. The summed E-state index contributed by atoms with van der Waals surface area (Å²) in [6, 6.07) is 3.05. The molecule has 0 radical (unpaired) electrons. The number of hydrogen-bond donors (Lipinski definition) is 1. The molecule has 1 aliphatic heterocycles. The van der Waals surface area contributed by atoms with Gasteiger partial charge in [0.15, 0.2) is 0 Å². The number of cyclic esters (lactones) is 1. The first-order chi connectivity index (χ1) is 7.65. The predicted molar refractivity (Wildman–Crippen MR) is 53.7 cm³/mol. The Morgan fingerprint density at radius 1 is 1.44 bits per heavy atom. The van der Waals surface area contributed by atoms with Crippen molar-refractivity contribution in [2.24, 2.45) is 0 Å². The monoisotopic (exact) mass is 225 g/mol. The first kappa shape index (κ1) is 10.6. The van der Waals surface area contributed by atoms with E-state index in [0.29, 0.717) is 0 Å². The van der Waals surface area contributed by atoms with E-state index in [-0.39, 0.29) is 18.2 Å². The molecular formula is C11H9F2NO2. The minimum atomic E-state index is -0.638. The van der Waals surface area contributed by atoms with Crippen LogP contribution in [0.4, 0.5) is 13.6 Å². The van der Waals surface area contributed by atoms with Crippen molar-refractivity contribution in [3.8, 4) is 0 Å². The molecule has 16 heavy (non-hydrogen) atoms. The number of nitrogens with one attached hydrogen (secondary N) is 1. The van der Waals surface area contributed by atoms with Gasteiger partial charge in [-0.1, -0.05) is 12.2 Å². The van der Waals surface area contributed by atoms with Crippen molar-refractivity contribution in [3.63, 3.8) is 0 Å². The zero-order valence-electron chi connectivity index (χ0n) is 8.24. The number of alkyl carbamates (subject to hydrolysis) is 1. The molecule has 1 N–H and O–H groups in total. The number of rotatable bonds is 2. The standard InChI is InChI=1S/C11H9F2NO2/c12-8-3-1-7(10(13)5-8)2-4-9-6-16-11(15)14-9/h1-5,9H,6H2,(H,14,15)/b4-2+/t9-/m0/s1. The lowest BCUT2D eigenvalue weighted by Gasteiger charge is -2.00. The van der Waals surface area contributed by atoms with Gasteiger partial charge in [0.25, 0.3) is 0 Å². The zero-order valence-corrected chi connectivity index (χ0v) is 8.24. The van der Waals surface area contributed by atoms with E-state index in [1.807, 2.05) is 0 Å². The number of ether oxygens (including phenoxy) is 1. The van der Waals surface area contributed by atoms with Crippen molar-refractivity contribution in [2.45, 2.75) is 6.04 Å². The summed E-state index contributed by atoms with van der Waals surface area (Å²) in [5.74, 6) is -1.26. The Morgan fingerprint density at radius 2 is 2.25 bits per heavy atom. The van der Waals surface area contributed by atoms with Crippen LogP contribution in [0.25, 0.3) is 6.08 Å². The van der Waals surface area contributed by atoms with Crippen LogP contribution in [0, 0.1) is 11.6 Å². The second kappa shape index (κ2) is 4.30. The summed E-state index contributed by atoms with van der Waals surface area (Å²) >= 11 is 0. The van der Waals surface area contributed by atoms with Crippen LogP contribution in [0.1, 0.15) is 5.56 Å². The van der Waals surface area contributed by atoms with Gasteiger partial charge in [-0.05, 0) is 12.1 Å². The van der Waals surface area contributed by atoms with E-state index >= 15 is 0 Å². The minimum Gasteiger partial charge on any atom is -0.447 e. The highest BCUT2D eigenvalue weighted by Gasteiger charge is 2.19. The number of benzene rings is 1. The van der Waals surface area contributed by atoms with Gasteiger partial charge in [-0.2, -0.15) is 0 Å². The first-order valence-corrected chi connectivity index (χ1v) is 4.72. The summed E-state index contributed by atoms with van der Waals surface area (Å²) in [6.07, 6.45) is 2.59. The van der Waals surface area contributed by atoms with E-state index in [1.54, 1.807) is 6.08 Å². The predicted octanol–water partition coefficient (Wildman–Crippen LogP) is 2.09. The van der Waals surface area contributed by atoms with Gasteiger partial charge < -0.3 is 10.1 Å². The Morgan fingerprint density at radius 3 is 2.88 bits per heavy atom. The first-order valence-electron chi connectivity index (χ1n) is 4.72. The molecule has 0 bridgehead atoms. The second-order valence-corrected chi connectivity index (χ2v) is 3.37. The number of halogens is 2. The molecule has 0 aliphatic carbocycles. The molecule has 1 aromatic rings. The van der Waals surface area contributed by atoms with E-state index in [1.165, 1.54) is 18.2 Å². The smallest absolute Gasteiger partial charge is 0.407 e. The highest BCUT2D eigenvalue weighted by Crippen LogP contribution is 2.12. The zero-order chi connectivity index (χ0) is 11.5. The van der Waals surface area contributed by atoms with Crippen LogP contribution in [0.5, 0.6) is 0 Å². The molecule has 84 valence electrons. The summed E-state index contributed by atoms with van der Waals surface area (Å²) in [5.41, 5.74) is 0.266. The molecule has 1 fully saturated rings. The summed E-state index contributed by atoms with van der Waals surface area (Å²) in [5, 5.41) is 2.51. The van der Waals surface area contributed by atoms with E-state index in [2.05, 4.69) is 10.1 Å². The van der Waals surface area contributed by atoms with E-state index < -0.39 is 17.7 Å². The third-order valence-corrected chi connectivity index (χ3v) is 2.17. The van der Waals surface area contributed by atoms with Gasteiger partial charge in [0, 0.05) is 11.6 Å². The van der Waals surface area contributed by atoms with E-state index in [4.69, 9.17) is 0 Å². The molecule has 1 amide bonds. The summed E-state index contributed by atoms with van der Waals surface area (Å²) in [7, 11) is 0. The Hall–Kier alpha value is -1.91. The van der Waals surface area contributed by atoms with Crippen molar-refractivity contribution in [1.29, 1.82) is 0 Å². The van der Waals surface area contributed by atoms with Crippen LogP contribution in [-0.4, -0.2) is 18.7 Å². The molecule has 0 saturated carbocycles. The number of amides is 1. The normalized spacial score (nSPS) is 19.9. The van der Waals surface area contributed by atoms with Crippen LogP contribution in [0.3, 0.4) is 0 Å². The number of hydrogen-bond acceptors (Lipinski definition) is 2. The summed E-state index contributed by atoms with van der Waals surface area (Å²) < 4.78 is 30.4. The molecule has 3 nitrogen and oxygen atoms in total. The molecule has 1 aromatic carbocycles. The van der Waals surface area contributed by atoms with Crippen molar-refractivity contribution in [1.82, 2.24) is 5.32 Å². The largest absolute Gasteiger partial charge is 0.447 e. The van der Waals surface area contributed by atoms with Gasteiger partial charge in [-0.3, -0.25) is 0 Å². The SMILES string of the molecule is O=C1N[C@@H](/C=C/c2ccc(F)cc2F)CO1. The van der Waals surface area contributed by atoms with Gasteiger partial charge >= 0.3 is 6.09 Å². The molecule has 0 aromatic heterocycles. The van der Waals surface area contributed by atoms with Crippen molar-refractivity contribution < 1.29 is 18.3 Å². The topological polar surface area (TPSA) is 38.3 Å². The Labute approximate surface area is 90.7 Å². The molecule has 1 saturated heterocycles. The highest BCUT2D eigenvalue weighted by atomic mass is 19.1. The molecular weight excluding hydrogens is 216 g/mol. The Kier molecular flexibility index (Phi) is 2.85. The van der Waals surface area contributed by atoms with Crippen LogP contribution in [0.2, 0.25) is 0 Å². The van der Waals surface area contributed by atoms with E-state index in [0.717, 1.165) is 6.07 Å². The third kappa shape index (κ3) is 2.36. The molecule has 0 unspecified atom stereocenters. The molecule has 1 aliphatic rings. The van der Waals surface area contributed by atoms with Crippen LogP contribution in [0.15, 0.2) is 24.3 Å². The highest BCUT2D eigenvalue weighted by molar-refractivity contribution is 5.70. The maximum atomic E-state index is 13.2. The van der Waals surface area contributed by atoms with Gasteiger partial charge in [0.05, 0.1) is 6.04 Å². The lowest BCUT2D eigenvalue weighted by Crippen LogP contribution is -2.23. The minimum absolute atomic E-state index is 0.220. The lowest BCUT2D eigenvalue weighted by atomic mass is 10.1. The third-order valence-electron chi connectivity index (χ3n) is 2.17. The fourth-order valence-electron chi connectivity index (χ4n) is 1.36. The summed E-state index contributed by atoms with van der Waals surface area (Å²) in [6.45, 7) is 0.220. The fraction of sp³-hybridized carbons (Fsp3) is 0.182. The van der Waals surface area contributed by atoms with Crippen molar-refractivity contribution in [2.75, 3.05) is 6.61 Å². The molecule has 0 spiro atoms. The molecule has 2 rings (SSSR count). The average molecular weight is 225 g/mol. The maximum absolute atomic E-state index is 13.2. The quantitative estimate of drug-likeness (QED) is 0.836. The van der Waals surface area contributed by atoms with Gasteiger partial charge in [-0.25, -0.2) is 13.6 Å². The molecule has 1 heterocycles. The van der Waals surface area contributed by atoms with Crippen molar-refractivity contribution >= 4 is 12.2 Å². The van der Waals surface area contributed by atoms with Crippen molar-refractivity contribution in [3.05, 3.63) is 41.5 Å². The fourth-order valence-corrected chi connectivity index (χ4v) is 1.36. The Balaban J connectivity index is 2.08. The summed E-state index contributed by atoms with van der Waals surface area (Å²) in [4.78, 5) is 10.7. The van der Waals surface area contributed by atoms with E-state index in [9.17, 15) is 13.6 Å². The van der Waals surface area contributed by atoms with Crippen LogP contribution >= 0.6 is 0 Å². The van der Waals surface area contributed by atoms with Gasteiger partial charge in [0.2, 0.25) is 0 Å². The van der Waals surface area contributed by atoms with Crippen LogP contribution < -0.4 is 5.32 Å². The lowest BCUT2D eigenvalue weighted by molar-refractivity contribution is 0.177. The Bertz CT molecular complexity index is 446. The maximum Gasteiger partial charge on any atom is 0.407 e. The van der Waals surface area contributed by atoms with Gasteiger partial charge in [0.1, 0.15) is 18.2 Å².